The molecule has 2 radical (unpaired) electrons. The third kappa shape index (κ3) is 3.41. The van der Waals surface area contributed by atoms with Crippen LogP contribution in [0.3, 0.4) is 0 Å². The Kier molecular flexibility index (Phi) is 3.83. The third-order valence-electron chi connectivity index (χ3n) is 0.801. The Bertz CT molecular complexity index is 293. The van der Waals surface area contributed by atoms with Gasteiger partial charge in [-0.1, -0.05) is 0 Å². The zero-order chi connectivity index (χ0) is 7.78. The van der Waals surface area contributed by atoms with Crippen LogP contribution in [0.5, 0.6) is 0 Å². The van der Waals surface area contributed by atoms with Gasteiger partial charge in [0.05, 0.1) is 0 Å². The Balaban J connectivity index is 0.000001000. The number of nitrogens with one attached hydrogen (secondary N) is 1. The molecule has 58 valence electrons. The standard InChI is InChI=1S/C4H5NO4S.Ca/c1-3-2-4(6)5-10(7,8)9-3;/h2H,1H3,(H,5,6);. The van der Waals surface area contributed by atoms with Gasteiger partial charge in [0.25, 0.3) is 5.91 Å². The molecular weight excluding hydrogens is 198 g/mol. The summed E-state index contributed by atoms with van der Waals surface area (Å²) in [5.74, 6) is -0.604. The van der Waals surface area contributed by atoms with Crippen molar-refractivity contribution in [2.75, 3.05) is 0 Å². The van der Waals surface area contributed by atoms with Crippen molar-refractivity contribution in [3.63, 3.8) is 0 Å². The van der Waals surface area contributed by atoms with Gasteiger partial charge in [0.2, 0.25) is 0 Å². The fraction of sp³-hybridized carbons (Fsp3) is 0.250. The van der Waals surface area contributed by atoms with Gasteiger partial charge in [-0.15, -0.1) is 0 Å². The van der Waals surface area contributed by atoms with Crippen LogP contribution in [0.2, 0.25) is 0 Å². The van der Waals surface area contributed by atoms with E-state index in [1.807, 2.05) is 0 Å². The zero-order valence-corrected chi connectivity index (χ0v) is 8.85. The van der Waals surface area contributed by atoms with E-state index >= 15 is 0 Å². The topological polar surface area (TPSA) is 72.5 Å². The molecular formula is C4H5CaNO4S. The maximum atomic E-state index is 10.5. The van der Waals surface area contributed by atoms with Gasteiger partial charge in [-0.25, -0.2) is 4.72 Å². The summed E-state index contributed by atoms with van der Waals surface area (Å²) >= 11 is 0. The summed E-state index contributed by atoms with van der Waals surface area (Å²) in [7, 11) is -3.85. The SMILES string of the molecule is CC1=CC(=O)NS(=O)(=O)O1.[Ca]. The van der Waals surface area contributed by atoms with E-state index in [0.29, 0.717) is 0 Å². The summed E-state index contributed by atoms with van der Waals surface area (Å²) in [6, 6.07) is 0. The van der Waals surface area contributed by atoms with Gasteiger partial charge in [-0.05, 0) is 6.92 Å². The fourth-order valence-corrected chi connectivity index (χ4v) is 1.30. The van der Waals surface area contributed by atoms with Crippen LogP contribution >= 0.6 is 0 Å². The van der Waals surface area contributed by atoms with Crippen LogP contribution in [-0.2, 0) is 19.3 Å². The first-order valence-electron chi connectivity index (χ1n) is 2.44. The van der Waals surface area contributed by atoms with Crippen molar-refractivity contribution >= 4 is 53.9 Å². The summed E-state index contributed by atoms with van der Waals surface area (Å²) in [4.78, 5) is 10.4. The average molecular weight is 203 g/mol. The van der Waals surface area contributed by atoms with Crippen molar-refractivity contribution in [1.82, 2.24) is 4.72 Å². The Labute approximate surface area is 94.0 Å². The van der Waals surface area contributed by atoms with Gasteiger partial charge in [0, 0.05) is 43.8 Å². The van der Waals surface area contributed by atoms with E-state index < -0.39 is 16.2 Å². The number of hydrogen-bond donors (Lipinski definition) is 1. The van der Waals surface area contributed by atoms with Gasteiger partial charge in [-0.3, -0.25) is 4.79 Å². The van der Waals surface area contributed by atoms with Gasteiger partial charge in [-0.2, -0.15) is 8.42 Å². The molecule has 1 amide bonds. The monoisotopic (exact) mass is 203 g/mol. The first kappa shape index (κ1) is 11.2. The number of allylic oxidation sites excluding steroid dienone is 1. The number of carbonyl (C=O) groups is 1. The molecule has 1 rings (SSSR count). The first-order valence-corrected chi connectivity index (χ1v) is 3.85. The second-order valence-corrected chi connectivity index (χ2v) is 3.04. The van der Waals surface area contributed by atoms with Crippen molar-refractivity contribution < 1.29 is 17.4 Å². The Morgan fingerprint density at radius 1 is 1.55 bits per heavy atom. The molecule has 0 aromatic carbocycles. The smallest absolute Gasteiger partial charge is 0.371 e. The minimum absolute atomic E-state index is 0. The maximum Gasteiger partial charge on any atom is 0.409 e. The summed E-state index contributed by atoms with van der Waals surface area (Å²) < 4.78 is 26.8. The first-order chi connectivity index (χ1) is 4.49. The van der Waals surface area contributed by atoms with Crippen LogP contribution in [0.1, 0.15) is 6.92 Å². The summed E-state index contributed by atoms with van der Waals surface area (Å²) in [5, 5.41) is 0. The third-order valence-corrected chi connectivity index (χ3v) is 1.73. The molecule has 0 unspecified atom stereocenters. The van der Waals surface area contributed by atoms with E-state index in [-0.39, 0.29) is 43.5 Å². The molecule has 7 heteroatoms. The normalized spacial score (nSPS) is 20.5. The fourth-order valence-electron chi connectivity index (χ4n) is 0.555. The molecule has 5 nitrogen and oxygen atoms in total. The van der Waals surface area contributed by atoms with E-state index in [1.165, 1.54) is 6.92 Å². The molecule has 1 heterocycles. The molecule has 11 heavy (non-hydrogen) atoms. The Hall–Kier alpha value is 0.220. The second kappa shape index (κ2) is 3.75. The molecule has 0 aromatic heterocycles. The van der Waals surface area contributed by atoms with Crippen LogP contribution < -0.4 is 4.72 Å². The van der Waals surface area contributed by atoms with E-state index in [1.54, 1.807) is 4.72 Å². The molecule has 0 bridgehead atoms. The quantitative estimate of drug-likeness (QED) is 0.507. The molecule has 0 spiro atoms. The molecule has 0 saturated carbocycles. The van der Waals surface area contributed by atoms with Gasteiger partial charge in [0.1, 0.15) is 5.76 Å². The van der Waals surface area contributed by atoms with E-state index in [0.717, 1.165) is 6.08 Å². The number of rotatable bonds is 0. The predicted octanol–water partition coefficient (Wildman–Crippen LogP) is -1.10. The molecule has 1 aliphatic heterocycles. The molecule has 0 atom stereocenters. The number of hydrogen-bond acceptors (Lipinski definition) is 4. The zero-order valence-electron chi connectivity index (χ0n) is 5.83. The summed E-state index contributed by atoms with van der Waals surface area (Å²) in [6.07, 6.45) is 1.06. The van der Waals surface area contributed by atoms with Crippen LogP contribution in [-0.4, -0.2) is 52.1 Å². The Morgan fingerprint density at radius 3 is 2.45 bits per heavy atom. The van der Waals surface area contributed by atoms with Gasteiger partial charge >= 0.3 is 10.3 Å². The minimum atomic E-state index is -3.85. The van der Waals surface area contributed by atoms with Gasteiger partial charge in [0.15, 0.2) is 0 Å². The summed E-state index contributed by atoms with van der Waals surface area (Å²) in [5.41, 5.74) is 0. The second-order valence-electron chi connectivity index (χ2n) is 1.76. The van der Waals surface area contributed by atoms with E-state index in [4.69, 9.17) is 0 Å². The molecule has 0 aliphatic carbocycles. The minimum Gasteiger partial charge on any atom is -0.371 e. The number of amides is 1. The molecule has 0 aromatic rings. The van der Waals surface area contributed by atoms with Crippen molar-refractivity contribution in [2.24, 2.45) is 0 Å². The van der Waals surface area contributed by atoms with Crippen molar-refractivity contribution in [3.8, 4) is 0 Å². The van der Waals surface area contributed by atoms with Crippen molar-refractivity contribution in [2.45, 2.75) is 6.92 Å². The van der Waals surface area contributed by atoms with Crippen molar-refractivity contribution in [1.29, 1.82) is 0 Å². The molecule has 0 fully saturated rings. The van der Waals surface area contributed by atoms with Crippen LogP contribution in [0, 0.1) is 0 Å². The number of carbonyl (C=O) groups excluding carboxylic acids is 1. The van der Waals surface area contributed by atoms with Crippen LogP contribution in [0.4, 0.5) is 0 Å². The predicted molar refractivity (Wildman–Crippen MR) is 37.7 cm³/mol. The molecule has 0 saturated heterocycles. The van der Waals surface area contributed by atoms with Crippen LogP contribution in [0.25, 0.3) is 0 Å². The van der Waals surface area contributed by atoms with Gasteiger partial charge < -0.3 is 4.18 Å². The van der Waals surface area contributed by atoms with E-state index in [2.05, 4.69) is 4.18 Å². The molecule has 1 N–H and O–H groups in total. The average Bonchev–Trinajstić information content (AvgIpc) is 1.54. The largest absolute Gasteiger partial charge is 0.409 e. The van der Waals surface area contributed by atoms with Crippen LogP contribution in [0.15, 0.2) is 11.8 Å². The molecule has 1 aliphatic rings. The Morgan fingerprint density at radius 2 is 2.09 bits per heavy atom. The van der Waals surface area contributed by atoms with Crippen molar-refractivity contribution in [3.05, 3.63) is 11.8 Å². The summed E-state index contributed by atoms with van der Waals surface area (Å²) in [6.45, 7) is 1.39. The maximum absolute atomic E-state index is 10.5. The van der Waals surface area contributed by atoms with E-state index in [9.17, 15) is 13.2 Å².